The normalized spacial score (nSPS) is 13.0. The summed E-state index contributed by atoms with van der Waals surface area (Å²) in [6.07, 6.45) is 60.6. The van der Waals surface area contributed by atoms with Crippen molar-refractivity contribution < 1.29 is 4.57 Å². The lowest BCUT2D eigenvalue weighted by molar-refractivity contribution is -0.727. The minimum absolute atomic E-state index is 0.617. The molecule has 2 nitrogen and oxygen atoms in total. The van der Waals surface area contributed by atoms with Gasteiger partial charge in [-0.25, -0.2) is 9.55 Å². The van der Waals surface area contributed by atoms with Crippen molar-refractivity contribution in [3.05, 3.63) is 18.2 Å². The first kappa shape index (κ1) is 47.2. The SMILES string of the molecule is CCCCCCCCCCCCCCCCC(CCCCCCCCCCCCCCC)c1[nH]cc[n+]1C(C)CCCCCCCCCCC. The van der Waals surface area contributed by atoms with E-state index >= 15 is 0 Å². The monoisotopic (exact) mass is 700 g/mol. The summed E-state index contributed by atoms with van der Waals surface area (Å²) in [6.45, 7) is 9.43. The molecule has 1 aromatic rings. The molecule has 0 saturated carbocycles. The smallest absolute Gasteiger partial charge is 0.247 e. The van der Waals surface area contributed by atoms with Gasteiger partial charge in [-0.05, 0) is 32.6 Å². The molecule has 0 saturated heterocycles. The van der Waals surface area contributed by atoms with Crippen LogP contribution >= 0.6 is 0 Å². The average molecular weight is 700 g/mol. The van der Waals surface area contributed by atoms with E-state index in [0.717, 1.165) is 0 Å². The van der Waals surface area contributed by atoms with E-state index in [1.54, 1.807) is 5.82 Å². The molecular formula is C48H95N2+. The molecule has 0 radical (unpaired) electrons. The standard InChI is InChI=1S/C48H94N2/c1-5-8-11-14-17-20-22-24-26-28-31-34-37-40-43-47(42-39-36-33-30-27-25-23-21-18-15-12-9-6-2)48-49-44-45-50(48)46(4)41-38-35-32-29-19-16-13-10-7-3/h44-47H,5-43H2,1-4H3/p+1. The van der Waals surface area contributed by atoms with Gasteiger partial charge in [0.25, 0.3) is 5.82 Å². The molecule has 0 amide bonds. The fourth-order valence-corrected chi connectivity index (χ4v) is 8.37. The second-order valence-electron chi connectivity index (χ2n) is 16.8. The summed E-state index contributed by atoms with van der Waals surface area (Å²) in [5, 5.41) is 0. The summed E-state index contributed by atoms with van der Waals surface area (Å²) in [4.78, 5) is 3.78. The molecule has 296 valence electrons. The molecule has 1 N–H and O–H groups in total. The van der Waals surface area contributed by atoms with E-state index in [1.165, 1.54) is 250 Å². The molecule has 2 unspecified atom stereocenters. The van der Waals surface area contributed by atoms with Crippen LogP contribution in [0.25, 0.3) is 0 Å². The van der Waals surface area contributed by atoms with Crippen molar-refractivity contribution in [2.45, 2.75) is 290 Å². The molecule has 1 aromatic heterocycles. The highest BCUT2D eigenvalue weighted by Gasteiger charge is 2.25. The minimum atomic E-state index is 0.617. The second-order valence-corrected chi connectivity index (χ2v) is 16.8. The van der Waals surface area contributed by atoms with Crippen LogP contribution in [-0.2, 0) is 0 Å². The van der Waals surface area contributed by atoms with Gasteiger partial charge in [0.2, 0.25) is 0 Å². The third-order valence-electron chi connectivity index (χ3n) is 11.9. The number of aromatic amines is 1. The highest BCUT2D eigenvalue weighted by Crippen LogP contribution is 2.28. The van der Waals surface area contributed by atoms with E-state index in [-0.39, 0.29) is 0 Å². The Balaban J connectivity index is 2.38. The zero-order valence-electron chi connectivity index (χ0n) is 35.3. The summed E-state index contributed by atoms with van der Waals surface area (Å²) in [5.74, 6) is 2.25. The third-order valence-corrected chi connectivity index (χ3v) is 11.9. The van der Waals surface area contributed by atoms with Gasteiger partial charge >= 0.3 is 0 Å². The van der Waals surface area contributed by atoms with Gasteiger partial charge in [0.15, 0.2) is 0 Å². The maximum Gasteiger partial charge on any atom is 0.257 e. The van der Waals surface area contributed by atoms with Gasteiger partial charge in [-0.1, -0.05) is 245 Å². The number of nitrogens with one attached hydrogen (secondary N) is 1. The molecule has 1 heterocycles. The van der Waals surface area contributed by atoms with E-state index in [0.29, 0.717) is 12.0 Å². The summed E-state index contributed by atoms with van der Waals surface area (Å²) in [7, 11) is 0. The molecule has 2 atom stereocenters. The number of hydrogen-bond acceptors (Lipinski definition) is 0. The van der Waals surface area contributed by atoms with Gasteiger partial charge < -0.3 is 0 Å². The van der Waals surface area contributed by atoms with Gasteiger partial charge in [-0.15, -0.1) is 0 Å². The Morgan fingerprint density at radius 1 is 0.380 bits per heavy atom. The average Bonchev–Trinajstić information content (AvgIpc) is 3.62. The number of H-pyrrole nitrogens is 1. The zero-order chi connectivity index (χ0) is 36.0. The third kappa shape index (κ3) is 28.8. The van der Waals surface area contributed by atoms with Gasteiger partial charge in [0, 0.05) is 0 Å². The van der Waals surface area contributed by atoms with Crippen LogP contribution in [0.2, 0.25) is 0 Å². The van der Waals surface area contributed by atoms with E-state index in [4.69, 9.17) is 0 Å². The molecule has 0 aliphatic rings. The number of imidazole rings is 1. The van der Waals surface area contributed by atoms with E-state index in [1.807, 2.05) is 0 Å². The van der Waals surface area contributed by atoms with Crippen molar-refractivity contribution in [3.63, 3.8) is 0 Å². The number of unbranched alkanes of at least 4 members (excludes halogenated alkanes) is 33. The second kappa shape index (κ2) is 38.0. The quantitative estimate of drug-likeness (QED) is 0.0518. The van der Waals surface area contributed by atoms with Crippen molar-refractivity contribution in [3.8, 4) is 0 Å². The van der Waals surface area contributed by atoms with Crippen molar-refractivity contribution in [2.75, 3.05) is 0 Å². The summed E-state index contributed by atoms with van der Waals surface area (Å²) >= 11 is 0. The molecule has 2 heteroatoms. The van der Waals surface area contributed by atoms with Crippen molar-refractivity contribution in [2.24, 2.45) is 0 Å². The van der Waals surface area contributed by atoms with Crippen LogP contribution in [0.1, 0.15) is 296 Å². The topological polar surface area (TPSA) is 19.7 Å². The summed E-state index contributed by atoms with van der Waals surface area (Å²) in [6, 6.07) is 0.617. The molecule has 0 fully saturated rings. The number of hydrogen-bond donors (Lipinski definition) is 1. The first-order valence-corrected chi connectivity index (χ1v) is 23.8. The predicted octanol–water partition coefficient (Wildman–Crippen LogP) is 17.2. The fraction of sp³-hybridized carbons (Fsp3) is 0.938. The van der Waals surface area contributed by atoms with Gasteiger partial charge in [0.05, 0.1) is 12.0 Å². The lowest BCUT2D eigenvalue weighted by Gasteiger charge is -2.17. The number of nitrogens with zero attached hydrogens (tertiary/aromatic N) is 1. The lowest BCUT2D eigenvalue weighted by atomic mass is 9.92. The molecule has 1 rings (SSSR count). The van der Waals surface area contributed by atoms with E-state index < -0.39 is 0 Å². The molecule has 0 aliphatic carbocycles. The highest BCUT2D eigenvalue weighted by molar-refractivity contribution is 4.90. The Labute approximate surface area is 316 Å². The Kier molecular flexibility index (Phi) is 35.8. The van der Waals surface area contributed by atoms with Crippen molar-refractivity contribution in [1.82, 2.24) is 4.98 Å². The Bertz CT molecular complexity index is 768. The van der Waals surface area contributed by atoms with E-state index in [9.17, 15) is 0 Å². The van der Waals surface area contributed by atoms with Crippen LogP contribution in [0, 0.1) is 0 Å². The fourth-order valence-electron chi connectivity index (χ4n) is 8.37. The van der Waals surface area contributed by atoms with Crippen molar-refractivity contribution >= 4 is 0 Å². The van der Waals surface area contributed by atoms with Crippen LogP contribution in [0.5, 0.6) is 0 Å². The lowest BCUT2D eigenvalue weighted by Crippen LogP contribution is -2.41. The van der Waals surface area contributed by atoms with Crippen LogP contribution in [0.4, 0.5) is 0 Å². The van der Waals surface area contributed by atoms with Crippen LogP contribution in [-0.4, -0.2) is 4.98 Å². The molecule has 0 aliphatic heterocycles. The van der Waals surface area contributed by atoms with Crippen LogP contribution < -0.4 is 4.57 Å². The van der Waals surface area contributed by atoms with Gasteiger partial charge in [-0.3, -0.25) is 0 Å². The van der Waals surface area contributed by atoms with Gasteiger partial charge in [-0.2, -0.15) is 0 Å². The summed E-state index contributed by atoms with van der Waals surface area (Å²) in [5.41, 5.74) is 0. The Hall–Kier alpha value is -0.790. The predicted molar refractivity (Wildman–Crippen MR) is 226 cm³/mol. The maximum absolute atomic E-state index is 3.78. The first-order chi connectivity index (χ1) is 24.7. The molecule has 0 bridgehead atoms. The maximum atomic E-state index is 3.78. The first-order valence-electron chi connectivity index (χ1n) is 23.8. The van der Waals surface area contributed by atoms with E-state index in [2.05, 4.69) is 49.6 Å². The highest BCUT2D eigenvalue weighted by atomic mass is 15.1. The molecule has 0 spiro atoms. The largest absolute Gasteiger partial charge is 0.257 e. The van der Waals surface area contributed by atoms with Crippen LogP contribution in [0.15, 0.2) is 12.4 Å². The Morgan fingerprint density at radius 3 is 0.940 bits per heavy atom. The number of rotatable bonds is 41. The summed E-state index contributed by atoms with van der Waals surface area (Å²) < 4.78 is 2.65. The molecular weight excluding hydrogens is 605 g/mol. The molecule has 0 aromatic carbocycles. The number of aromatic nitrogens is 2. The van der Waals surface area contributed by atoms with Gasteiger partial charge in [0.1, 0.15) is 12.4 Å². The minimum Gasteiger partial charge on any atom is -0.247 e. The zero-order valence-corrected chi connectivity index (χ0v) is 35.3. The van der Waals surface area contributed by atoms with Crippen molar-refractivity contribution in [1.29, 1.82) is 0 Å². The molecule has 50 heavy (non-hydrogen) atoms. The Morgan fingerprint density at radius 2 is 0.640 bits per heavy atom. The van der Waals surface area contributed by atoms with Crippen LogP contribution in [0.3, 0.4) is 0 Å².